The molecule has 3 aromatic carbocycles. The van der Waals surface area contributed by atoms with Gasteiger partial charge in [-0.05, 0) is 82.9 Å². The fraction of sp³-hybridized carbons (Fsp3) is 0.472. The summed E-state index contributed by atoms with van der Waals surface area (Å²) in [5.41, 5.74) is 8.59. The van der Waals surface area contributed by atoms with Crippen LogP contribution in [0.3, 0.4) is 0 Å². The van der Waals surface area contributed by atoms with Gasteiger partial charge in [-0.1, -0.05) is 109 Å². The average molecular weight is 958 g/mol. The summed E-state index contributed by atoms with van der Waals surface area (Å²) >= 11 is 1.96. The lowest BCUT2D eigenvalue weighted by atomic mass is 9.87. The molecule has 0 bridgehead atoms. The first-order valence-electron chi connectivity index (χ1n) is 24.2. The van der Waals surface area contributed by atoms with Gasteiger partial charge in [-0.3, -0.25) is 9.59 Å². The van der Waals surface area contributed by atoms with Gasteiger partial charge in [0.1, 0.15) is 23.7 Å². The average Bonchev–Trinajstić information content (AvgIpc) is 4.19. The number of hydrogen-bond donors (Lipinski definition) is 5. The van der Waals surface area contributed by atoms with Crippen molar-refractivity contribution in [2.75, 3.05) is 36.6 Å². The van der Waals surface area contributed by atoms with Crippen molar-refractivity contribution in [2.45, 2.75) is 116 Å². The Morgan fingerprint density at radius 1 is 0.681 bits per heavy atom. The molecule has 8 rings (SSSR count). The third-order valence-corrected chi connectivity index (χ3v) is 15.1. The lowest BCUT2D eigenvalue weighted by molar-refractivity contribution is -0.136. The molecule has 16 heteroatoms. The van der Waals surface area contributed by atoms with Gasteiger partial charge in [0.25, 0.3) is 0 Å². The van der Waals surface area contributed by atoms with E-state index in [-0.39, 0.29) is 53.2 Å². The molecule has 0 aliphatic carbocycles. The summed E-state index contributed by atoms with van der Waals surface area (Å²) in [6.07, 6.45) is 5.01. The van der Waals surface area contributed by atoms with Crippen LogP contribution in [-0.2, 0) is 19.7 Å². The van der Waals surface area contributed by atoms with E-state index in [1.54, 1.807) is 4.90 Å². The number of imidazole rings is 2. The van der Waals surface area contributed by atoms with Crippen molar-refractivity contribution in [1.82, 2.24) is 40.4 Å². The number of methoxy groups -OCH3 is 1. The van der Waals surface area contributed by atoms with Crippen molar-refractivity contribution in [3.63, 3.8) is 0 Å². The quantitative estimate of drug-likeness (QED) is 0.0760. The van der Waals surface area contributed by atoms with Crippen molar-refractivity contribution >= 4 is 41.5 Å². The second kappa shape index (κ2) is 20.7. The normalized spacial score (nSPS) is 20.6. The molecule has 15 nitrogen and oxygen atoms in total. The van der Waals surface area contributed by atoms with Gasteiger partial charge in [0, 0.05) is 30.3 Å². The number of carbonyl (C=O) groups excluding carboxylic acids is 3. The number of anilines is 1. The molecular formula is C53H67N9O6S. The minimum atomic E-state index is -1.21. The van der Waals surface area contributed by atoms with Gasteiger partial charge in [0.2, 0.25) is 11.8 Å². The molecule has 0 unspecified atom stereocenters. The Labute approximate surface area is 409 Å². The Balaban J connectivity index is 1.02. The number of aromatic amines is 2. The highest BCUT2D eigenvalue weighted by atomic mass is 32.2. The fourth-order valence-corrected chi connectivity index (χ4v) is 11.4. The number of ether oxygens (including phenoxy) is 1. The first-order valence-corrected chi connectivity index (χ1v) is 25.4. The van der Waals surface area contributed by atoms with E-state index in [9.17, 15) is 24.3 Å². The molecule has 0 saturated carbocycles. The number of aromatic nitrogens is 4. The molecule has 0 spiro atoms. The standard InChI is InChI=1S/C53H67N9O6S/c1-31(2)45(58-51(65)66)49(63)60-25-9-11-41(60)47-54-27-39(56-47)33-13-17-35(18-14-33)43-29-69-30-44(62(43)38-23-21-37(22-24-38)53(5,6)7)36-19-15-34(16-20-36)40-28-55-48(57-40)42-12-10-26-61(42)50(64)46(32(3)4)59-52(67)68-8/h13-24,27-28,31-32,41-46,58H,9-12,25-26,29-30H2,1-8H3,(H,54,56)(H,55,57)(H,59,67)(H,65,66)/t41-,42-,43-,44-,45-,46-/m0/s1. The second-order valence-corrected chi connectivity index (χ2v) is 21.4. The number of rotatable bonds is 13. The zero-order chi connectivity index (χ0) is 49.1. The summed E-state index contributed by atoms with van der Waals surface area (Å²) in [7, 11) is 1.30. The molecule has 2 aromatic heterocycles. The maximum Gasteiger partial charge on any atom is 0.407 e. The van der Waals surface area contributed by atoms with Crippen LogP contribution >= 0.6 is 11.8 Å². The number of thioether (sulfide) groups is 1. The lowest BCUT2D eigenvalue weighted by Crippen LogP contribution is -2.51. The molecule has 3 aliphatic heterocycles. The largest absolute Gasteiger partial charge is 0.465 e. The smallest absolute Gasteiger partial charge is 0.407 e. The summed E-state index contributed by atoms with van der Waals surface area (Å²) in [4.78, 5) is 73.7. The van der Waals surface area contributed by atoms with Gasteiger partial charge in [0.15, 0.2) is 0 Å². The highest BCUT2D eigenvalue weighted by Gasteiger charge is 2.40. The van der Waals surface area contributed by atoms with Crippen LogP contribution < -0.4 is 15.5 Å². The van der Waals surface area contributed by atoms with Gasteiger partial charge in [-0.15, -0.1) is 0 Å². The number of nitrogens with zero attached hydrogens (tertiary/aromatic N) is 5. The molecule has 3 fully saturated rings. The van der Waals surface area contributed by atoms with Crippen LogP contribution in [-0.4, -0.2) is 103 Å². The summed E-state index contributed by atoms with van der Waals surface area (Å²) < 4.78 is 4.81. The number of nitrogens with one attached hydrogen (secondary N) is 4. The summed E-state index contributed by atoms with van der Waals surface area (Å²) in [5, 5.41) is 14.6. The van der Waals surface area contributed by atoms with E-state index in [1.807, 2.05) is 56.8 Å². The number of likely N-dealkylation sites (tertiary alicyclic amines) is 2. The molecule has 0 radical (unpaired) electrons. The van der Waals surface area contributed by atoms with E-state index in [1.165, 1.54) is 23.8 Å². The van der Waals surface area contributed by atoms with Crippen molar-refractivity contribution in [2.24, 2.45) is 11.8 Å². The molecule has 6 atom stereocenters. The Bertz CT molecular complexity index is 2590. The third-order valence-electron chi connectivity index (χ3n) is 14.0. The predicted molar refractivity (Wildman–Crippen MR) is 270 cm³/mol. The molecule has 4 amide bonds. The van der Waals surface area contributed by atoms with Crippen molar-refractivity contribution in [3.05, 3.63) is 114 Å². The number of carboxylic acid groups (broad SMARTS) is 1. The maximum atomic E-state index is 13.8. The van der Waals surface area contributed by atoms with Gasteiger partial charge in [0.05, 0.1) is 55.1 Å². The van der Waals surface area contributed by atoms with Gasteiger partial charge in [-0.25, -0.2) is 19.6 Å². The van der Waals surface area contributed by atoms with Crippen LogP contribution in [0.4, 0.5) is 15.3 Å². The molecule has 3 aliphatic rings. The number of benzene rings is 3. The second-order valence-electron chi connectivity index (χ2n) is 20.3. The van der Waals surface area contributed by atoms with Gasteiger partial charge < -0.3 is 45.1 Å². The van der Waals surface area contributed by atoms with Crippen LogP contribution in [0.5, 0.6) is 0 Å². The summed E-state index contributed by atoms with van der Waals surface area (Å²) in [6.45, 7) is 15.4. The van der Waals surface area contributed by atoms with E-state index < -0.39 is 24.3 Å². The van der Waals surface area contributed by atoms with E-state index in [0.29, 0.717) is 18.9 Å². The van der Waals surface area contributed by atoms with Crippen molar-refractivity contribution < 1.29 is 29.0 Å². The maximum absolute atomic E-state index is 13.8. The molecular weight excluding hydrogens is 891 g/mol. The molecule has 5 heterocycles. The Morgan fingerprint density at radius 3 is 1.54 bits per heavy atom. The zero-order valence-corrected chi connectivity index (χ0v) is 41.8. The van der Waals surface area contributed by atoms with Crippen LogP contribution in [0.1, 0.15) is 127 Å². The topological polar surface area (TPSA) is 189 Å². The van der Waals surface area contributed by atoms with Crippen LogP contribution in [0, 0.1) is 11.8 Å². The van der Waals surface area contributed by atoms with Crippen molar-refractivity contribution in [1.29, 1.82) is 0 Å². The number of hydrogen-bond acceptors (Lipinski definition) is 9. The van der Waals surface area contributed by atoms with E-state index in [4.69, 9.17) is 14.7 Å². The Morgan fingerprint density at radius 2 is 1.13 bits per heavy atom. The van der Waals surface area contributed by atoms with Gasteiger partial charge >= 0.3 is 12.2 Å². The number of carbonyl (C=O) groups is 4. The predicted octanol–water partition coefficient (Wildman–Crippen LogP) is 9.80. The number of alkyl carbamates (subject to hydrolysis) is 1. The minimum Gasteiger partial charge on any atom is -0.465 e. The lowest BCUT2D eigenvalue weighted by Gasteiger charge is -2.44. The zero-order valence-electron chi connectivity index (χ0n) is 41.0. The SMILES string of the molecule is COC(=O)N[C@H](C(=O)N1CCC[C@H]1c1ncc(-c2ccc([C@@H]3CSC[C@@H](c4ccc(-c5cnc([C@@H]6CCCN6C(=O)[C@@H](NC(=O)O)C(C)C)[nH]5)cc4)N3c3ccc(C(C)(C)C)cc3)cc2)[nH]1)C(C)C. The fourth-order valence-electron chi connectivity index (χ4n) is 10.1. The van der Waals surface area contributed by atoms with E-state index in [2.05, 4.69) is 119 Å². The monoisotopic (exact) mass is 957 g/mol. The first-order chi connectivity index (χ1) is 33.0. The van der Waals surface area contributed by atoms with E-state index >= 15 is 0 Å². The highest BCUT2D eigenvalue weighted by molar-refractivity contribution is 7.99. The van der Waals surface area contributed by atoms with Crippen LogP contribution in [0.2, 0.25) is 0 Å². The highest BCUT2D eigenvalue weighted by Crippen LogP contribution is 2.45. The van der Waals surface area contributed by atoms with Crippen molar-refractivity contribution in [3.8, 4) is 22.5 Å². The van der Waals surface area contributed by atoms with Gasteiger partial charge in [-0.2, -0.15) is 11.8 Å². The van der Waals surface area contributed by atoms with Crippen LogP contribution in [0.15, 0.2) is 85.2 Å². The number of H-pyrrole nitrogens is 2. The molecule has 5 aromatic rings. The molecule has 5 N–H and O–H groups in total. The Hall–Kier alpha value is -6.29. The third kappa shape index (κ3) is 10.7. The molecule has 366 valence electrons. The van der Waals surface area contributed by atoms with Crippen LogP contribution in [0.25, 0.3) is 22.5 Å². The summed E-state index contributed by atoms with van der Waals surface area (Å²) in [6, 6.07) is 24.7. The Kier molecular flexibility index (Phi) is 14.8. The summed E-state index contributed by atoms with van der Waals surface area (Å²) in [5.74, 6) is 2.59. The van der Waals surface area contributed by atoms with E-state index in [0.717, 1.165) is 71.2 Å². The first kappa shape index (κ1) is 49.1. The molecule has 3 saturated heterocycles. The number of amides is 4. The minimum absolute atomic E-state index is 0.0171. The molecule has 69 heavy (non-hydrogen) atoms.